The van der Waals surface area contributed by atoms with Crippen LogP contribution in [0.2, 0.25) is 0 Å². The highest BCUT2D eigenvalue weighted by atomic mass is 79.9. The van der Waals surface area contributed by atoms with Gasteiger partial charge in [-0.3, -0.25) is 0 Å². The van der Waals surface area contributed by atoms with E-state index in [9.17, 15) is 13.2 Å². The van der Waals surface area contributed by atoms with Crippen LogP contribution >= 0.6 is 15.9 Å². The Labute approximate surface area is 105 Å². The molecule has 0 radical (unpaired) electrons. The summed E-state index contributed by atoms with van der Waals surface area (Å²) in [4.78, 5) is 1.71. The number of morpholine rings is 1. The van der Waals surface area contributed by atoms with E-state index in [4.69, 9.17) is 4.74 Å². The normalized spacial score (nSPS) is 17.3. The molecule has 6 heteroatoms. The van der Waals surface area contributed by atoms with E-state index in [0.29, 0.717) is 26.3 Å². The molecule has 2 nitrogen and oxygen atoms in total. The maximum atomic E-state index is 13.0. The molecule has 0 aliphatic carbocycles. The molecule has 0 unspecified atom stereocenters. The topological polar surface area (TPSA) is 12.5 Å². The van der Waals surface area contributed by atoms with Gasteiger partial charge in [-0.15, -0.1) is 0 Å². The SMILES string of the molecule is FC(F)(F)c1c(Br)cccc1N1CCOCC1. The molecule has 1 aromatic carbocycles. The molecule has 0 spiro atoms. The molecule has 17 heavy (non-hydrogen) atoms. The standard InChI is InChI=1S/C11H11BrF3NO/c12-8-2-1-3-9(10(8)11(13,14)15)16-4-6-17-7-5-16/h1-3H,4-7H2. The molecule has 1 heterocycles. The van der Waals surface area contributed by atoms with Gasteiger partial charge in [0.15, 0.2) is 0 Å². The van der Waals surface area contributed by atoms with Gasteiger partial charge in [0, 0.05) is 17.6 Å². The fourth-order valence-corrected chi connectivity index (χ4v) is 2.44. The summed E-state index contributed by atoms with van der Waals surface area (Å²) < 4.78 is 44.1. The van der Waals surface area contributed by atoms with Gasteiger partial charge in [0.2, 0.25) is 0 Å². The van der Waals surface area contributed by atoms with E-state index in [1.165, 1.54) is 12.1 Å². The zero-order valence-electron chi connectivity index (χ0n) is 8.93. The van der Waals surface area contributed by atoms with Gasteiger partial charge in [-0.25, -0.2) is 0 Å². The fourth-order valence-electron chi connectivity index (χ4n) is 1.86. The third kappa shape index (κ3) is 2.74. The van der Waals surface area contributed by atoms with Crippen LogP contribution in [0.25, 0.3) is 0 Å². The van der Waals surface area contributed by atoms with Crippen LogP contribution in [0.3, 0.4) is 0 Å². The highest BCUT2D eigenvalue weighted by Crippen LogP contribution is 2.41. The summed E-state index contributed by atoms with van der Waals surface area (Å²) >= 11 is 2.97. The predicted molar refractivity (Wildman–Crippen MR) is 62.2 cm³/mol. The largest absolute Gasteiger partial charge is 0.419 e. The highest BCUT2D eigenvalue weighted by Gasteiger charge is 2.37. The Balaban J connectivity index is 2.42. The van der Waals surface area contributed by atoms with Crippen molar-refractivity contribution in [3.05, 3.63) is 28.2 Å². The maximum absolute atomic E-state index is 13.0. The van der Waals surface area contributed by atoms with E-state index in [0.717, 1.165) is 0 Å². The number of hydrogen-bond donors (Lipinski definition) is 0. The molecule has 0 amide bonds. The molecular weight excluding hydrogens is 299 g/mol. The molecule has 1 aromatic rings. The number of anilines is 1. The number of rotatable bonds is 1. The summed E-state index contributed by atoms with van der Waals surface area (Å²) in [6, 6.07) is 4.52. The first-order valence-electron chi connectivity index (χ1n) is 5.18. The molecule has 1 saturated heterocycles. The van der Waals surface area contributed by atoms with Crippen LogP contribution < -0.4 is 4.90 Å². The van der Waals surface area contributed by atoms with Crippen molar-refractivity contribution in [3.8, 4) is 0 Å². The molecule has 0 N–H and O–H groups in total. The van der Waals surface area contributed by atoms with Crippen molar-refractivity contribution >= 4 is 21.6 Å². The highest BCUT2D eigenvalue weighted by molar-refractivity contribution is 9.10. The Morgan fingerprint density at radius 1 is 1.18 bits per heavy atom. The second-order valence-corrected chi connectivity index (χ2v) is 4.59. The summed E-state index contributed by atoms with van der Waals surface area (Å²) in [5.74, 6) is 0. The van der Waals surface area contributed by atoms with E-state index in [1.807, 2.05) is 0 Å². The van der Waals surface area contributed by atoms with Crippen molar-refractivity contribution in [3.63, 3.8) is 0 Å². The number of halogens is 4. The van der Waals surface area contributed by atoms with Crippen molar-refractivity contribution < 1.29 is 17.9 Å². The molecule has 2 rings (SSSR count). The summed E-state index contributed by atoms with van der Waals surface area (Å²) in [7, 11) is 0. The average molecular weight is 310 g/mol. The van der Waals surface area contributed by atoms with Crippen molar-refractivity contribution in [1.82, 2.24) is 0 Å². The van der Waals surface area contributed by atoms with E-state index < -0.39 is 11.7 Å². The van der Waals surface area contributed by atoms with Gasteiger partial charge in [-0.1, -0.05) is 22.0 Å². The van der Waals surface area contributed by atoms with E-state index in [1.54, 1.807) is 11.0 Å². The Kier molecular flexibility index (Phi) is 3.63. The van der Waals surface area contributed by atoms with Crippen molar-refractivity contribution in [2.75, 3.05) is 31.2 Å². The number of ether oxygens (including phenoxy) is 1. The van der Waals surface area contributed by atoms with Crippen molar-refractivity contribution in [1.29, 1.82) is 0 Å². The quantitative estimate of drug-likeness (QED) is 0.789. The second kappa shape index (κ2) is 4.86. The molecule has 1 aliphatic rings. The summed E-state index contributed by atoms with van der Waals surface area (Å²) in [5.41, 5.74) is -0.392. The van der Waals surface area contributed by atoms with E-state index >= 15 is 0 Å². The molecular formula is C11H11BrF3NO. The Morgan fingerprint density at radius 3 is 2.41 bits per heavy atom. The molecule has 0 atom stereocenters. The molecule has 1 aliphatic heterocycles. The number of alkyl halides is 3. The van der Waals surface area contributed by atoms with Crippen molar-refractivity contribution in [2.24, 2.45) is 0 Å². The van der Waals surface area contributed by atoms with Gasteiger partial charge in [0.1, 0.15) is 0 Å². The van der Waals surface area contributed by atoms with Gasteiger partial charge in [0.05, 0.1) is 24.5 Å². The third-order valence-electron chi connectivity index (χ3n) is 2.63. The van der Waals surface area contributed by atoms with Crippen LogP contribution in [0, 0.1) is 0 Å². The zero-order valence-corrected chi connectivity index (χ0v) is 10.5. The summed E-state index contributed by atoms with van der Waals surface area (Å²) in [5, 5.41) is 0. The molecule has 0 aromatic heterocycles. The first-order valence-corrected chi connectivity index (χ1v) is 5.98. The van der Waals surface area contributed by atoms with Crippen LogP contribution in [0.1, 0.15) is 5.56 Å². The van der Waals surface area contributed by atoms with Crippen LogP contribution in [-0.2, 0) is 10.9 Å². The average Bonchev–Trinajstić information content (AvgIpc) is 2.28. The van der Waals surface area contributed by atoms with Crippen LogP contribution in [-0.4, -0.2) is 26.3 Å². The fraction of sp³-hybridized carbons (Fsp3) is 0.455. The Bertz CT molecular complexity index is 402. The van der Waals surface area contributed by atoms with Gasteiger partial charge in [0.25, 0.3) is 0 Å². The number of nitrogens with zero attached hydrogens (tertiary/aromatic N) is 1. The van der Waals surface area contributed by atoms with E-state index in [-0.39, 0.29) is 10.2 Å². The lowest BCUT2D eigenvalue weighted by Crippen LogP contribution is -2.37. The predicted octanol–water partition coefficient (Wildman–Crippen LogP) is 3.30. The van der Waals surface area contributed by atoms with Gasteiger partial charge in [-0.2, -0.15) is 13.2 Å². The lowest BCUT2D eigenvalue weighted by Gasteiger charge is -2.31. The first kappa shape index (κ1) is 12.7. The van der Waals surface area contributed by atoms with Crippen molar-refractivity contribution in [2.45, 2.75) is 6.18 Å². The van der Waals surface area contributed by atoms with Gasteiger partial charge in [-0.05, 0) is 12.1 Å². The number of benzene rings is 1. The van der Waals surface area contributed by atoms with Gasteiger partial charge >= 0.3 is 6.18 Å². The molecule has 94 valence electrons. The van der Waals surface area contributed by atoms with E-state index in [2.05, 4.69) is 15.9 Å². The maximum Gasteiger partial charge on any atom is 0.419 e. The molecule has 0 bridgehead atoms. The Morgan fingerprint density at radius 2 is 1.82 bits per heavy atom. The zero-order chi connectivity index (χ0) is 12.5. The lowest BCUT2D eigenvalue weighted by atomic mass is 10.1. The summed E-state index contributed by atoms with van der Waals surface area (Å²) in [6.07, 6.45) is -4.35. The number of hydrogen-bond acceptors (Lipinski definition) is 2. The van der Waals surface area contributed by atoms with Crippen LogP contribution in [0.5, 0.6) is 0 Å². The summed E-state index contributed by atoms with van der Waals surface area (Å²) in [6.45, 7) is 1.90. The second-order valence-electron chi connectivity index (χ2n) is 3.73. The smallest absolute Gasteiger partial charge is 0.378 e. The molecule has 1 fully saturated rings. The van der Waals surface area contributed by atoms with Crippen LogP contribution in [0.15, 0.2) is 22.7 Å². The lowest BCUT2D eigenvalue weighted by molar-refractivity contribution is -0.137. The van der Waals surface area contributed by atoms with Crippen LogP contribution in [0.4, 0.5) is 18.9 Å². The first-order chi connectivity index (χ1) is 8.00. The van der Waals surface area contributed by atoms with Gasteiger partial charge < -0.3 is 9.64 Å². The minimum Gasteiger partial charge on any atom is -0.378 e. The third-order valence-corrected chi connectivity index (χ3v) is 3.29. The Hall–Kier alpha value is -0.750. The minimum absolute atomic E-state index is 0.0778. The molecule has 0 saturated carbocycles. The monoisotopic (exact) mass is 309 g/mol. The minimum atomic E-state index is -4.35.